The lowest BCUT2D eigenvalue weighted by atomic mass is 10.2. The van der Waals surface area contributed by atoms with Crippen LogP contribution in [0.4, 0.5) is 17.3 Å². The summed E-state index contributed by atoms with van der Waals surface area (Å²) < 4.78 is 0. The molecule has 0 aliphatic heterocycles. The van der Waals surface area contributed by atoms with E-state index < -0.39 is 0 Å². The summed E-state index contributed by atoms with van der Waals surface area (Å²) in [7, 11) is 0. The second-order valence-electron chi connectivity index (χ2n) is 5.85. The summed E-state index contributed by atoms with van der Waals surface area (Å²) in [5, 5.41) is 8.69. The molecular formula is C17H19N5O2. The third kappa shape index (κ3) is 4.28. The summed E-state index contributed by atoms with van der Waals surface area (Å²) in [6, 6.07) is 9.12. The maximum absolute atomic E-state index is 12.1. The van der Waals surface area contributed by atoms with Crippen molar-refractivity contribution < 1.29 is 9.59 Å². The van der Waals surface area contributed by atoms with Crippen molar-refractivity contribution in [1.29, 1.82) is 0 Å². The minimum absolute atomic E-state index is 0.121. The van der Waals surface area contributed by atoms with Gasteiger partial charge in [-0.05, 0) is 50.1 Å². The topological polar surface area (TPSA) is 96.0 Å². The van der Waals surface area contributed by atoms with Crippen LogP contribution in [0.2, 0.25) is 0 Å². The molecule has 0 spiro atoms. The van der Waals surface area contributed by atoms with E-state index in [1.165, 1.54) is 6.92 Å². The van der Waals surface area contributed by atoms with Crippen molar-refractivity contribution in [2.24, 2.45) is 0 Å². The SMILES string of the molecule is CC(=O)Nc1ccc(Nc2nc(C)cc(C(=O)NC3CC3)n2)cc1. The van der Waals surface area contributed by atoms with Gasteiger partial charge in [0.1, 0.15) is 5.69 Å². The third-order valence-electron chi connectivity index (χ3n) is 3.46. The Labute approximate surface area is 139 Å². The molecule has 2 amide bonds. The third-order valence-corrected chi connectivity index (χ3v) is 3.46. The lowest BCUT2D eigenvalue weighted by molar-refractivity contribution is -0.114. The van der Waals surface area contributed by atoms with Crippen LogP contribution in [0.1, 0.15) is 35.9 Å². The summed E-state index contributed by atoms with van der Waals surface area (Å²) in [5.74, 6) is 0.0688. The number of aryl methyl sites for hydroxylation is 1. The average Bonchev–Trinajstić information content (AvgIpc) is 3.32. The van der Waals surface area contributed by atoms with Gasteiger partial charge in [0.15, 0.2) is 0 Å². The molecule has 0 bridgehead atoms. The number of hydrogen-bond acceptors (Lipinski definition) is 5. The number of nitrogens with zero attached hydrogens (tertiary/aromatic N) is 2. The van der Waals surface area contributed by atoms with Crippen molar-refractivity contribution in [1.82, 2.24) is 15.3 Å². The van der Waals surface area contributed by atoms with Gasteiger partial charge in [-0.15, -0.1) is 0 Å². The van der Waals surface area contributed by atoms with Gasteiger partial charge in [-0.3, -0.25) is 9.59 Å². The minimum Gasteiger partial charge on any atom is -0.348 e. The van der Waals surface area contributed by atoms with Gasteiger partial charge < -0.3 is 16.0 Å². The highest BCUT2D eigenvalue weighted by molar-refractivity contribution is 5.93. The molecule has 7 heteroatoms. The molecule has 2 aromatic rings. The van der Waals surface area contributed by atoms with Crippen molar-refractivity contribution in [3.05, 3.63) is 41.7 Å². The molecule has 1 aromatic heterocycles. The summed E-state index contributed by atoms with van der Waals surface area (Å²) in [6.07, 6.45) is 2.06. The number of carbonyl (C=O) groups excluding carboxylic acids is 2. The maximum Gasteiger partial charge on any atom is 0.270 e. The number of carbonyl (C=O) groups is 2. The summed E-state index contributed by atoms with van der Waals surface area (Å²) in [5.41, 5.74) is 2.54. The molecule has 7 nitrogen and oxygen atoms in total. The van der Waals surface area contributed by atoms with Gasteiger partial charge in [0.05, 0.1) is 0 Å². The van der Waals surface area contributed by atoms with E-state index in [1.807, 2.05) is 6.92 Å². The molecular weight excluding hydrogens is 306 g/mol. The normalized spacial score (nSPS) is 13.2. The van der Waals surface area contributed by atoms with Crippen LogP contribution in [-0.4, -0.2) is 27.8 Å². The summed E-state index contributed by atoms with van der Waals surface area (Å²) in [4.78, 5) is 31.7. The summed E-state index contributed by atoms with van der Waals surface area (Å²) in [6.45, 7) is 3.28. The van der Waals surface area contributed by atoms with Gasteiger partial charge in [0, 0.05) is 30.0 Å². The first-order valence-electron chi connectivity index (χ1n) is 7.81. The zero-order chi connectivity index (χ0) is 17.1. The van der Waals surface area contributed by atoms with Gasteiger partial charge in [0.25, 0.3) is 5.91 Å². The van der Waals surface area contributed by atoms with Crippen LogP contribution in [0, 0.1) is 6.92 Å². The van der Waals surface area contributed by atoms with Crippen LogP contribution in [0.15, 0.2) is 30.3 Å². The van der Waals surface area contributed by atoms with E-state index in [0.29, 0.717) is 23.0 Å². The largest absolute Gasteiger partial charge is 0.348 e. The molecule has 3 rings (SSSR count). The molecule has 1 aliphatic rings. The standard InChI is InChI=1S/C17H19N5O2/c1-10-9-15(16(24)20-13-5-6-13)22-17(18-10)21-14-7-3-12(4-8-14)19-11(2)23/h3-4,7-9,13H,5-6H2,1-2H3,(H,19,23)(H,20,24)(H,18,21,22). The second-order valence-corrected chi connectivity index (χ2v) is 5.85. The van der Waals surface area contributed by atoms with Gasteiger partial charge in [-0.25, -0.2) is 9.97 Å². The fourth-order valence-electron chi connectivity index (χ4n) is 2.20. The van der Waals surface area contributed by atoms with E-state index in [2.05, 4.69) is 25.9 Å². The lowest BCUT2D eigenvalue weighted by Gasteiger charge is -2.09. The molecule has 0 radical (unpaired) electrons. The highest BCUT2D eigenvalue weighted by atomic mass is 16.2. The van der Waals surface area contributed by atoms with Crippen LogP contribution in [-0.2, 0) is 4.79 Å². The van der Waals surface area contributed by atoms with Crippen molar-refractivity contribution in [2.75, 3.05) is 10.6 Å². The minimum atomic E-state index is -0.174. The smallest absolute Gasteiger partial charge is 0.270 e. The Morgan fingerprint density at radius 1 is 1.08 bits per heavy atom. The first kappa shape index (κ1) is 15.9. The van der Waals surface area contributed by atoms with E-state index in [0.717, 1.165) is 18.5 Å². The Kier molecular flexibility index (Phi) is 4.41. The Morgan fingerprint density at radius 3 is 2.38 bits per heavy atom. The molecule has 1 fully saturated rings. The first-order chi connectivity index (χ1) is 11.5. The number of hydrogen-bond donors (Lipinski definition) is 3. The predicted octanol–water partition coefficient (Wildman–Crippen LogP) is 2.38. The highest BCUT2D eigenvalue weighted by Gasteiger charge is 2.24. The Morgan fingerprint density at radius 2 is 1.75 bits per heavy atom. The number of benzene rings is 1. The number of nitrogens with one attached hydrogen (secondary N) is 3. The Bertz CT molecular complexity index is 769. The molecule has 3 N–H and O–H groups in total. The number of amides is 2. The maximum atomic E-state index is 12.1. The van der Waals surface area contributed by atoms with Crippen molar-refractivity contribution in [3.8, 4) is 0 Å². The molecule has 24 heavy (non-hydrogen) atoms. The first-order valence-corrected chi connectivity index (χ1v) is 7.81. The van der Waals surface area contributed by atoms with E-state index in [1.54, 1.807) is 30.3 Å². The molecule has 0 saturated heterocycles. The zero-order valence-corrected chi connectivity index (χ0v) is 13.6. The number of rotatable bonds is 5. The van der Waals surface area contributed by atoms with Crippen LogP contribution in [0.5, 0.6) is 0 Å². The molecule has 124 valence electrons. The Hall–Kier alpha value is -2.96. The average molecular weight is 325 g/mol. The fraction of sp³-hybridized carbons (Fsp3) is 0.294. The van der Waals surface area contributed by atoms with Crippen LogP contribution < -0.4 is 16.0 Å². The fourth-order valence-corrected chi connectivity index (χ4v) is 2.20. The van der Waals surface area contributed by atoms with Gasteiger partial charge in [0.2, 0.25) is 11.9 Å². The lowest BCUT2D eigenvalue weighted by Crippen LogP contribution is -2.26. The molecule has 1 saturated carbocycles. The summed E-state index contributed by atoms with van der Waals surface area (Å²) >= 11 is 0. The Balaban J connectivity index is 1.73. The molecule has 1 aliphatic carbocycles. The van der Waals surface area contributed by atoms with Crippen LogP contribution in [0.3, 0.4) is 0 Å². The molecule has 0 unspecified atom stereocenters. The van der Waals surface area contributed by atoms with Gasteiger partial charge in [-0.2, -0.15) is 0 Å². The second kappa shape index (κ2) is 6.66. The van der Waals surface area contributed by atoms with Crippen LogP contribution in [0.25, 0.3) is 0 Å². The van der Waals surface area contributed by atoms with E-state index in [4.69, 9.17) is 0 Å². The molecule has 0 atom stereocenters. The molecule has 1 aromatic carbocycles. The quantitative estimate of drug-likeness (QED) is 0.784. The molecule has 1 heterocycles. The van der Waals surface area contributed by atoms with Crippen molar-refractivity contribution in [3.63, 3.8) is 0 Å². The van der Waals surface area contributed by atoms with E-state index in [9.17, 15) is 9.59 Å². The monoisotopic (exact) mass is 325 g/mol. The van der Waals surface area contributed by atoms with E-state index >= 15 is 0 Å². The van der Waals surface area contributed by atoms with Gasteiger partial charge in [-0.1, -0.05) is 0 Å². The van der Waals surface area contributed by atoms with Crippen LogP contribution >= 0.6 is 0 Å². The van der Waals surface area contributed by atoms with E-state index in [-0.39, 0.29) is 17.9 Å². The van der Waals surface area contributed by atoms with Crippen molar-refractivity contribution >= 4 is 29.1 Å². The number of aromatic nitrogens is 2. The van der Waals surface area contributed by atoms with Crippen molar-refractivity contribution in [2.45, 2.75) is 32.7 Å². The van der Waals surface area contributed by atoms with Gasteiger partial charge >= 0.3 is 0 Å². The number of anilines is 3. The predicted molar refractivity (Wildman–Crippen MR) is 91.3 cm³/mol. The zero-order valence-electron chi connectivity index (χ0n) is 13.6. The highest BCUT2D eigenvalue weighted by Crippen LogP contribution is 2.20.